The lowest BCUT2D eigenvalue weighted by molar-refractivity contribution is -0.151. The molecule has 2 aliphatic carbocycles. The number of ether oxygens (including phenoxy) is 2. The summed E-state index contributed by atoms with van der Waals surface area (Å²) < 4.78 is 12.3. The Morgan fingerprint density at radius 3 is 2.68 bits per heavy atom. The van der Waals surface area contributed by atoms with Gasteiger partial charge in [-0.05, 0) is 40.9 Å². The lowest BCUT2D eigenvalue weighted by Crippen LogP contribution is -2.55. The molecule has 2 aliphatic rings. The first kappa shape index (κ1) is 13.0. The third-order valence-electron chi connectivity index (χ3n) is 4.45. The van der Waals surface area contributed by atoms with Crippen molar-refractivity contribution in [1.29, 1.82) is 0 Å². The van der Waals surface area contributed by atoms with Crippen molar-refractivity contribution in [3.63, 3.8) is 0 Å². The van der Waals surface area contributed by atoms with Crippen molar-refractivity contribution in [2.75, 3.05) is 7.11 Å². The van der Waals surface area contributed by atoms with E-state index in [-0.39, 0.29) is 11.5 Å². The maximum Gasteiger partial charge on any atom is 0.175 e. The fourth-order valence-electron chi connectivity index (χ4n) is 3.28. The van der Waals surface area contributed by atoms with Crippen molar-refractivity contribution in [2.45, 2.75) is 38.2 Å². The fourth-order valence-corrected chi connectivity index (χ4v) is 3.72. The molecule has 1 atom stereocenters. The molecule has 0 saturated heterocycles. The van der Waals surface area contributed by atoms with Crippen LogP contribution in [0.25, 0.3) is 0 Å². The third kappa shape index (κ3) is 1.97. The zero-order valence-corrected chi connectivity index (χ0v) is 12.5. The lowest BCUT2D eigenvalue weighted by Gasteiger charge is -2.45. The Morgan fingerprint density at radius 2 is 2.05 bits per heavy atom. The summed E-state index contributed by atoms with van der Waals surface area (Å²) in [5, 5.41) is 0. The number of methoxy groups -OCH3 is 1. The minimum atomic E-state index is -0.208. The SMILES string of the molecule is COc1cccc(Br)c1OC1CC(=O)C12CCCC2. The van der Waals surface area contributed by atoms with Gasteiger partial charge in [0.25, 0.3) is 0 Å². The highest BCUT2D eigenvalue weighted by Crippen LogP contribution is 2.53. The van der Waals surface area contributed by atoms with E-state index in [1.807, 2.05) is 18.2 Å². The molecule has 0 amide bonds. The van der Waals surface area contributed by atoms with E-state index in [1.54, 1.807) is 7.11 Å². The van der Waals surface area contributed by atoms with E-state index in [0.29, 0.717) is 23.7 Å². The lowest BCUT2D eigenvalue weighted by atomic mass is 9.63. The van der Waals surface area contributed by atoms with Crippen LogP contribution in [0.4, 0.5) is 0 Å². The van der Waals surface area contributed by atoms with Gasteiger partial charge >= 0.3 is 0 Å². The number of ketones is 1. The molecule has 1 aromatic rings. The van der Waals surface area contributed by atoms with Crippen molar-refractivity contribution in [2.24, 2.45) is 5.41 Å². The molecule has 3 nitrogen and oxygen atoms in total. The van der Waals surface area contributed by atoms with Gasteiger partial charge < -0.3 is 9.47 Å². The first-order valence-corrected chi connectivity index (χ1v) is 7.49. The van der Waals surface area contributed by atoms with Crippen molar-refractivity contribution >= 4 is 21.7 Å². The van der Waals surface area contributed by atoms with Gasteiger partial charge in [0.15, 0.2) is 11.5 Å². The molecule has 4 heteroatoms. The molecule has 0 aliphatic heterocycles. The molecule has 0 bridgehead atoms. The van der Waals surface area contributed by atoms with Gasteiger partial charge in [-0.2, -0.15) is 0 Å². The predicted molar refractivity (Wildman–Crippen MR) is 75.6 cm³/mol. The van der Waals surface area contributed by atoms with Crippen LogP contribution in [0.2, 0.25) is 0 Å². The summed E-state index contributed by atoms with van der Waals surface area (Å²) >= 11 is 3.49. The molecule has 19 heavy (non-hydrogen) atoms. The maximum atomic E-state index is 12.0. The summed E-state index contributed by atoms with van der Waals surface area (Å²) in [7, 11) is 1.63. The molecule has 2 saturated carbocycles. The molecular weight excluding hydrogens is 308 g/mol. The predicted octanol–water partition coefficient (Wildman–Crippen LogP) is 3.74. The van der Waals surface area contributed by atoms with E-state index < -0.39 is 0 Å². The van der Waals surface area contributed by atoms with Gasteiger partial charge in [0.2, 0.25) is 0 Å². The summed E-state index contributed by atoms with van der Waals surface area (Å²) in [6, 6.07) is 5.72. The van der Waals surface area contributed by atoms with Gasteiger partial charge in [0.05, 0.1) is 17.0 Å². The van der Waals surface area contributed by atoms with Gasteiger partial charge in [0.1, 0.15) is 11.9 Å². The van der Waals surface area contributed by atoms with Crippen LogP contribution in [0.3, 0.4) is 0 Å². The molecule has 102 valence electrons. The minimum Gasteiger partial charge on any atom is -0.493 e. The molecule has 2 fully saturated rings. The van der Waals surface area contributed by atoms with Gasteiger partial charge in [-0.1, -0.05) is 18.9 Å². The van der Waals surface area contributed by atoms with Crippen LogP contribution in [0.15, 0.2) is 22.7 Å². The molecular formula is C15H17BrO3. The topological polar surface area (TPSA) is 35.5 Å². The second-order valence-corrected chi connectivity index (χ2v) is 6.22. The number of para-hydroxylation sites is 1. The highest BCUT2D eigenvalue weighted by atomic mass is 79.9. The Balaban J connectivity index is 1.85. The minimum absolute atomic E-state index is 0.00935. The number of rotatable bonds is 3. The van der Waals surface area contributed by atoms with Crippen LogP contribution < -0.4 is 9.47 Å². The second kappa shape index (κ2) is 4.82. The average Bonchev–Trinajstić information content (AvgIpc) is 2.92. The molecule has 0 heterocycles. The second-order valence-electron chi connectivity index (χ2n) is 5.37. The normalized spacial score (nSPS) is 24.3. The largest absolute Gasteiger partial charge is 0.493 e. The summed E-state index contributed by atoms with van der Waals surface area (Å²) in [5.41, 5.74) is -0.208. The molecule has 1 aromatic carbocycles. The molecule has 3 rings (SSSR count). The van der Waals surface area contributed by atoms with Crippen molar-refractivity contribution in [3.05, 3.63) is 22.7 Å². The summed E-state index contributed by atoms with van der Waals surface area (Å²) in [4.78, 5) is 12.0. The van der Waals surface area contributed by atoms with E-state index in [4.69, 9.17) is 9.47 Å². The third-order valence-corrected chi connectivity index (χ3v) is 5.07. The van der Waals surface area contributed by atoms with Gasteiger partial charge in [0, 0.05) is 6.42 Å². The van der Waals surface area contributed by atoms with Gasteiger partial charge in [-0.15, -0.1) is 0 Å². The maximum absolute atomic E-state index is 12.0. The van der Waals surface area contributed by atoms with E-state index in [0.717, 1.165) is 30.2 Å². The first-order valence-electron chi connectivity index (χ1n) is 6.70. The fraction of sp³-hybridized carbons (Fsp3) is 0.533. The number of carbonyl (C=O) groups excluding carboxylic acids is 1. The Hall–Kier alpha value is -1.03. The van der Waals surface area contributed by atoms with Crippen LogP contribution in [0.1, 0.15) is 32.1 Å². The summed E-state index contributed by atoms with van der Waals surface area (Å²) in [6.07, 6.45) is 4.77. The van der Waals surface area contributed by atoms with E-state index in [9.17, 15) is 4.79 Å². The number of benzene rings is 1. The van der Waals surface area contributed by atoms with Gasteiger partial charge in [-0.25, -0.2) is 0 Å². The number of hydrogen-bond acceptors (Lipinski definition) is 3. The average molecular weight is 325 g/mol. The van der Waals surface area contributed by atoms with Gasteiger partial charge in [-0.3, -0.25) is 4.79 Å². The van der Waals surface area contributed by atoms with Crippen LogP contribution in [-0.4, -0.2) is 19.0 Å². The number of carbonyl (C=O) groups is 1. The highest BCUT2D eigenvalue weighted by Gasteiger charge is 2.57. The van der Waals surface area contributed by atoms with Crippen molar-refractivity contribution in [3.8, 4) is 11.5 Å². The Labute approximate surface area is 121 Å². The Bertz CT molecular complexity index is 506. The van der Waals surface area contributed by atoms with Crippen molar-refractivity contribution in [1.82, 2.24) is 0 Å². The molecule has 0 aromatic heterocycles. The number of Topliss-reactive ketones (excluding diaryl/α,β-unsaturated/α-hetero) is 1. The summed E-state index contributed by atoms with van der Waals surface area (Å²) in [6.45, 7) is 0. The van der Waals surface area contributed by atoms with E-state index in [2.05, 4.69) is 15.9 Å². The molecule has 0 N–H and O–H groups in total. The van der Waals surface area contributed by atoms with Crippen LogP contribution in [0, 0.1) is 5.41 Å². The molecule has 0 radical (unpaired) electrons. The molecule has 1 unspecified atom stereocenters. The van der Waals surface area contributed by atoms with Crippen LogP contribution >= 0.6 is 15.9 Å². The summed E-state index contributed by atoms with van der Waals surface area (Å²) in [5.74, 6) is 1.80. The number of hydrogen-bond donors (Lipinski definition) is 0. The van der Waals surface area contributed by atoms with E-state index >= 15 is 0 Å². The molecule has 1 spiro atoms. The quantitative estimate of drug-likeness (QED) is 0.849. The monoisotopic (exact) mass is 324 g/mol. The zero-order valence-electron chi connectivity index (χ0n) is 10.9. The smallest absolute Gasteiger partial charge is 0.175 e. The van der Waals surface area contributed by atoms with E-state index in [1.165, 1.54) is 0 Å². The number of halogens is 1. The Kier molecular flexibility index (Phi) is 3.29. The highest BCUT2D eigenvalue weighted by molar-refractivity contribution is 9.10. The Morgan fingerprint density at radius 1 is 1.32 bits per heavy atom. The van der Waals surface area contributed by atoms with Crippen LogP contribution in [-0.2, 0) is 4.79 Å². The zero-order chi connectivity index (χ0) is 13.5. The standard InChI is InChI=1S/C15H17BrO3/c1-18-11-6-4-5-10(16)14(11)19-13-9-12(17)15(13)7-2-3-8-15/h4-6,13H,2-3,7-9H2,1H3. The first-order chi connectivity index (χ1) is 9.17. The van der Waals surface area contributed by atoms with Crippen LogP contribution in [0.5, 0.6) is 11.5 Å². The van der Waals surface area contributed by atoms with Crippen molar-refractivity contribution < 1.29 is 14.3 Å².